The van der Waals surface area contributed by atoms with Gasteiger partial charge < -0.3 is 10.2 Å². The summed E-state index contributed by atoms with van der Waals surface area (Å²) in [4.78, 5) is 0.0534. The third kappa shape index (κ3) is 3.45. The van der Waals surface area contributed by atoms with E-state index in [9.17, 15) is 18.6 Å². The van der Waals surface area contributed by atoms with Crippen molar-refractivity contribution in [1.29, 1.82) is 0 Å². The van der Waals surface area contributed by atoms with E-state index in [0.29, 0.717) is 4.47 Å². The Hall–Kier alpha value is -1.38. The quantitative estimate of drug-likeness (QED) is 0.724. The topological polar surface area (TPSA) is 87.0 Å². The van der Waals surface area contributed by atoms with E-state index in [1.807, 2.05) is 0 Å². The summed E-state index contributed by atoms with van der Waals surface area (Å²) in [5.74, 6) is -0.488. The van der Waals surface area contributed by atoms with E-state index in [-0.39, 0.29) is 26.4 Å². The molecular formula is C13H9Br2NO4S. The summed E-state index contributed by atoms with van der Waals surface area (Å²) < 4.78 is 27.9. The SMILES string of the molecule is O=S(=O)(/N=C\c1cc(Br)c(O)c(Br)c1O)c1ccccc1. The van der Waals surface area contributed by atoms with Gasteiger partial charge in [0.05, 0.1) is 15.6 Å². The lowest BCUT2D eigenvalue weighted by molar-refractivity contribution is 0.442. The fraction of sp³-hybridized carbons (Fsp3) is 0. The van der Waals surface area contributed by atoms with Crippen LogP contribution in [0.5, 0.6) is 11.5 Å². The lowest BCUT2D eigenvalue weighted by Gasteiger charge is -2.06. The first-order valence-electron chi connectivity index (χ1n) is 5.58. The van der Waals surface area contributed by atoms with Gasteiger partial charge in [0.1, 0.15) is 16.0 Å². The second-order valence-corrected chi connectivity index (χ2v) is 7.26. The summed E-state index contributed by atoms with van der Waals surface area (Å²) in [7, 11) is -3.85. The van der Waals surface area contributed by atoms with Gasteiger partial charge in [-0.2, -0.15) is 12.8 Å². The van der Waals surface area contributed by atoms with Crippen LogP contribution in [0.15, 0.2) is 54.6 Å². The fourth-order valence-corrected chi connectivity index (χ4v) is 3.52. The molecule has 0 bridgehead atoms. The molecule has 8 heteroatoms. The van der Waals surface area contributed by atoms with Gasteiger partial charge in [0, 0.05) is 5.56 Å². The van der Waals surface area contributed by atoms with E-state index in [2.05, 4.69) is 36.3 Å². The molecule has 0 saturated carbocycles. The van der Waals surface area contributed by atoms with E-state index in [1.54, 1.807) is 18.2 Å². The standard InChI is InChI=1S/C13H9Br2NO4S/c14-10-6-8(12(17)11(15)13(10)18)7-16-21(19,20)9-4-2-1-3-5-9/h1-7,17-18H/b16-7-. The molecule has 0 amide bonds. The highest BCUT2D eigenvalue weighted by molar-refractivity contribution is 9.11. The molecule has 0 atom stereocenters. The Balaban J connectivity index is 2.43. The van der Waals surface area contributed by atoms with Crippen LogP contribution in [0.4, 0.5) is 0 Å². The van der Waals surface area contributed by atoms with Crippen LogP contribution in [-0.2, 0) is 10.0 Å². The number of phenols is 2. The number of hydrogen-bond acceptors (Lipinski definition) is 4. The van der Waals surface area contributed by atoms with Crippen LogP contribution in [-0.4, -0.2) is 24.8 Å². The first kappa shape index (κ1) is 16.0. The Bertz CT molecular complexity index is 805. The maximum atomic E-state index is 12.0. The van der Waals surface area contributed by atoms with Crippen molar-refractivity contribution in [2.24, 2.45) is 4.40 Å². The van der Waals surface area contributed by atoms with E-state index in [4.69, 9.17) is 0 Å². The minimum atomic E-state index is -3.85. The largest absolute Gasteiger partial charge is 0.506 e. The number of nitrogens with zero attached hydrogens (tertiary/aromatic N) is 1. The molecule has 0 aliphatic heterocycles. The molecule has 0 aromatic heterocycles. The zero-order valence-corrected chi connectivity index (χ0v) is 14.4. The van der Waals surface area contributed by atoms with Gasteiger partial charge in [-0.1, -0.05) is 18.2 Å². The zero-order valence-electron chi connectivity index (χ0n) is 10.4. The maximum Gasteiger partial charge on any atom is 0.282 e. The summed E-state index contributed by atoms with van der Waals surface area (Å²) in [6.07, 6.45) is 1.02. The minimum Gasteiger partial charge on any atom is -0.506 e. The van der Waals surface area contributed by atoms with Gasteiger partial charge in [0.2, 0.25) is 0 Å². The predicted octanol–water partition coefficient (Wildman–Crippen LogP) is 3.43. The van der Waals surface area contributed by atoms with Crippen molar-refractivity contribution in [3.63, 3.8) is 0 Å². The predicted molar refractivity (Wildman–Crippen MR) is 86.4 cm³/mol. The number of phenolic OH excluding ortho intramolecular Hbond substituents is 2. The first-order chi connectivity index (χ1) is 9.83. The van der Waals surface area contributed by atoms with Crippen molar-refractivity contribution in [3.8, 4) is 11.5 Å². The lowest BCUT2D eigenvalue weighted by atomic mass is 10.2. The minimum absolute atomic E-state index is 0.0513. The molecule has 0 unspecified atom stereocenters. The summed E-state index contributed by atoms with van der Waals surface area (Å²) >= 11 is 6.10. The Kier molecular flexibility index (Phi) is 4.70. The second kappa shape index (κ2) is 6.17. The molecule has 0 radical (unpaired) electrons. The molecule has 0 spiro atoms. The van der Waals surface area contributed by atoms with Crippen LogP contribution in [0.25, 0.3) is 0 Å². The Morgan fingerprint density at radius 1 is 1.05 bits per heavy atom. The van der Waals surface area contributed by atoms with Gasteiger partial charge in [0.25, 0.3) is 10.0 Å². The van der Waals surface area contributed by atoms with Crippen molar-refractivity contribution >= 4 is 48.1 Å². The molecule has 21 heavy (non-hydrogen) atoms. The Labute approximate surface area is 138 Å². The van der Waals surface area contributed by atoms with E-state index < -0.39 is 10.0 Å². The molecule has 2 aromatic carbocycles. The van der Waals surface area contributed by atoms with Gasteiger partial charge in [-0.15, -0.1) is 0 Å². The number of sulfonamides is 1. The zero-order chi connectivity index (χ0) is 15.6. The molecule has 0 heterocycles. The van der Waals surface area contributed by atoms with Crippen LogP contribution >= 0.6 is 31.9 Å². The highest BCUT2D eigenvalue weighted by Crippen LogP contribution is 2.40. The van der Waals surface area contributed by atoms with Crippen LogP contribution in [0.1, 0.15) is 5.56 Å². The van der Waals surface area contributed by atoms with Gasteiger partial charge in [-0.3, -0.25) is 0 Å². The average Bonchev–Trinajstić information content (AvgIpc) is 2.48. The summed E-state index contributed by atoms with van der Waals surface area (Å²) in [6, 6.07) is 9.09. The molecule has 0 saturated heterocycles. The smallest absolute Gasteiger partial charge is 0.282 e. The van der Waals surface area contributed by atoms with Gasteiger partial charge in [-0.25, -0.2) is 0 Å². The molecule has 5 nitrogen and oxygen atoms in total. The van der Waals surface area contributed by atoms with E-state index >= 15 is 0 Å². The van der Waals surface area contributed by atoms with Gasteiger partial charge in [0.15, 0.2) is 0 Å². The molecule has 2 aromatic rings. The van der Waals surface area contributed by atoms with Crippen LogP contribution < -0.4 is 0 Å². The van der Waals surface area contributed by atoms with Crippen molar-refractivity contribution in [1.82, 2.24) is 0 Å². The van der Waals surface area contributed by atoms with Crippen molar-refractivity contribution in [2.75, 3.05) is 0 Å². The number of benzene rings is 2. The fourth-order valence-electron chi connectivity index (χ4n) is 1.49. The van der Waals surface area contributed by atoms with Crippen LogP contribution in [0.3, 0.4) is 0 Å². The van der Waals surface area contributed by atoms with E-state index in [0.717, 1.165) is 6.21 Å². The van der Waals surface area contributed by atoms with Crippen molar-refractivity contribution in [2.45, 2.75) is 4.90 Å². The molecular weight excluding hydrogens is 426 g/mol. The molecule has 0 aliphatic carbocycles. The number of rotatable bonds is 3. The Morgan fingerprint density at radius 3 is 2.29 bits per heavy atom. The van der Waals surface area contributed by atoms with Crippen LogP contribution in [0.2, 0.25) is 0 Å². The third-order valence-corrected chi connectivity index (χ3v) is 5.18. The number of aromatic hydroxyl groups is 2. The van der Waals surface area contributed by atoms with Gasteiger partial charge >= 0.3 is 0 Å². The lowest BCUT2D eigenvalue weighted by Crippen LogP contribution is -1.97. The maximum absolute atomic E-state index is 12.0. The van der Waals surface area contributed by atoms with E-state index in [1.165, 1.54) is 18.2 Å². The summed E-state index contributed by atoms with van der Waals surface area (Å²) in [6.45, 7) is 0. The molecule has 0 aliphatic rings. The highest BCUT2D eigenvalue weighted by atomic mass is 79.9. The monoisotopic (exact) mass is 433 g/mol. The van der Waals surface area contributed by atoms with Crippen LogP contribution in [0, 0.1) is 0 Å². The third-order valence-electron chi connectivity index (χ3n) is 2.57. The molecule has 2 N–H and O–H groups in total. The summed E-state index contributed by atoms with van der Waals surface area (Å²) in [5.41, 5.74) is 0.144. The average molecular weight is 435 g/mol. The highest BCUT2D eigenvalue weighted by Gasteiger charge is 2.15. The molecule has 0 fully saturated rings. The normalized spacial score (nSPS) is 11.9. The van der Waals surface area contributed by atoms with Gasteiger partial charge in [-0.05, 0) is 50.1 Å². The second-order valence-electron chi connectivity index (χ2n) is 3.98. The Morgan fingerprint density at radius 2 is 1.67 bits per heavy atom. The van der Waals surface area contributed by atoms with Crippen molar-refractivity contribution in [3.05, 3.63) is 50.9 Å². The summed E-state index contributed by atoms with van der Waals surface area (Å²) in [5, 5.41) is 19.5. The van der Waals surface area contributed by atoms with Crippen molar-refractivity contribution < 1.29 is 18.6 Å². The first-order valence-corrected chi connectivity index (χ1v) is 8.61. The molecule has 2 rings (SSSR count). The number of hydrogen-bond donors (Lipinski definition) is 2. The molecule has 110 valence electrons. The number of halogens is 2.